The van der Waals surface area contributed by atoms with E-state index in [2.05, 4.69) is 21.0 Å². The first-order valence-electron chi connectivity index (χ1n) is 6.01. The topological polar surface area (TPSA) is 55.2 Å². The summed E-state index contributed by atoms with van der Waals surface area (Å²) in [6.45, 7) is 2.55. The van der Waals surface area contributed by atoms with Crippen LogP contribution in [-0.4, -0.2) is 36.6 Å². The molecule has 0 radical (unpaired) electrons. The van der Waals surface area contributed by atoms with Crippen LogP contribution in [0.5, 0.6) is 0 Å². The van der Waals surface area contributed by atoms with E-state index in [1.807, 2.05) is 25.1 Å². The first kappa shape index (κ1) is 15.2. The van der Waals surface area contributed by atoms with Crippen molar-refractivity contribution in [3.8, 4) is 0 Å². The summed E-state index contributed by atoms with van der Waals surface area (Å²) in [5, 5.41) is 4.11. The molecule has 2 aromatic rings. The summed E-state index contributed by atoms with van der Waals surface area (Å²) in [5.41, 5.74) is 2.21. The average molecular weight is 358 g/mol. The van der Waals surface area contributed by atoms with E-state index < -0.39 is 10.0 Å². The molecule has 0 aliphatic heterocycles. The highest BCUT2D eigenvalue weighted by atomic mass is 79.9. The molecule has 0 spiro atoms. The molecule has 0 saturated carbocycles. The number of halogens is 1. The van der Waals surface area contributed by atoms with Gasteiger partial charge in [0.1, 0.15) is 4.90 Å². The summed E-state index contributed by atoms with van der Waals surface area (Å²) in [4.78, 5) is 0.205. The standard InChI is InChI=1S/C13H16BrN3O2S/c1-10-6-11(4-5-13(10)14)8-17-9-12(7-15-17)20(18,19)16(2)3/h4-7,9H,8H2,1-3H3. The second-order valence-corrected chi connectivity index (χ2v) is 7.75. The van der Waals surface area contributed by atoms with E-state index in [4.69, 9.17) is 0 Å². The van der Waals surface area contributed by atoms with Crippen molar-refractivity contribution in [3.63, 3.8) is 0 Å². The van der Waals surface area contributed by atoms with Crippen LogP contribution in [0.1, 0.15) is 11.1 Å². The number of nitrogens with zero attached hydrogens (tertiary/aromatic N) is 3. The molecule has 1 heterocycles. The van der Waals surface area contributed by atoms with Crippen LogP contribution in [0.2, 0.25) is 0 Å². The average Bonchev–Trinajstić information content (AvgIpc) is 2.83. The number of benzene rings is 1. The van der Waals surface area contributed by atoms with Gasteiger partial charge < -0.3 is 0 Å². The number of hydrogen-bond donors (Lipinski definition) is 0. The van der Waals surface area contributed by atoms with Crippen LogP contribution < -0.4 is 0 Å². The molecular weight excluding hydrogens is 342 g/mol. The van der Waals surface area contributed by atoms with Crippen molar-refractivity contribution in [1.82, 2.24) is 14.1 Å². The third-order valence-electron chi connectivity index (χ3n) is 2.96. The van der Waals surface area contributed by atoms with E-state index in [0.29, 0.717) is 6.54 Å². The molecule has 0 unspecified atom stereocenters. The van der Waals surface area contributed by atoms with Crippen molar-refractivity contribution in [2.45, 2.75) is 18.4 Å². The van der Waals surface area contributed by atoms with Crippen LogP contribution in [0.25, 0.3) is 0 Å². The molecule has 2 rings (SSSR count). The van der Waals surface area contributed by atoms with Crippen molar-refractivity contribution >= 4 is 26.0 Å². The lowest BCUT2D eigenvalue weighted by atomic mass is 10.1. The number of rotatable bonds is 4. The van der Waals surface area contributed by atoms with Gasteiger partial charge in [-0.1, -0.05) is 28.1 Å². The van der Waals surface area contributed by atoms with E-state index in [9.17, 15) is 8.42 Å². The lowest BCUT2D eigenvalue weighted by Crippen LogP contribution is -2.21. The predicted octanol–water partition coefficient (Wildman–Crippen LogP) is 2.25. The Balaban J connectivity index is 2.24. The van der Waals surface area contributed by atoms with E-state index in [0.717, 1.165) is 15.6 Å². The van der Waals surface area contributed by atoms with Gasteiger partial charge >= 0.3 is 0 Å². The highest BCUT2D eigenvalue weighted by molar-refractivity contribution is 9.10. The Morgan fingerprint density at radius 2 is 2.05 bits per heavy atom. The zero-order chi connectivity index (χ0) is 14.9. The smallest absolute Gasteiger partial charge is 0.245 e. The van der Waals surface area contributed by atoms with Gasteiger partial charge in [0.05, 0.1) is 12.7 Å². The monoisotopic (exact) mass is 357 g/mol. The van der Waals surface area contributed by atoms with Crippen LogP contribution in [-0.2, 0) is 16.6 Å². The first-order valence-corrected chi connectivity index (χ1v) is 8.24. The molecule has 0 N–H and O–H groups in total. The Kier molecular flexibility index (Phi) is 4.31. The molecule has 0 atom stereocenters. The number of hydrogen-bond acceptors (Lipinski definition) is 3. The number of sulfonamides is 1. The van der Waals surface area contributed by atoms with Gasteiger partial charge in [0.15, 0.2) is 0 Å². The molecule has 1 aromatic heterocycles. The molecule has 1 aromatic carbocycles. The van der Waals surface area contributed by atoms with Crippen LogP contribution >= 0.6 is 15.9 Å². The van der Waals surface area contributed by atoms with E-state index >= 15 is 0 Å². The minimum absolute atomic E-state index is 0.205. The maximum absolute atomic E-state index is 12.0. The summed E-state index contributed by atoms with van der Waals surface area (Å²) in [5.74, 6) is 0. The van der Waals surface area contributed by atoms with Crippen molar-refractivity contribution in [2.75, 3.05) is 14.1 Å². The van der Waals surface area contributed by atoms with E-state index in [1.165, 1.54) is 24.6 Å². The van der Waals surface area contributed by atoms with E-state index in [1.54, 1.807) is 10.9 Å². The Morgan fingerprint density at radius 3 is 2.65 bits per heavy atom. The van der Waals surface area contributed by atoms with Crippen LogP contribution in [0.4, 0.5) is 0 Å². The van der Waals surface area contributed by atoms with Crippen molar-refractivity contribution < 1.29 is 8.42 Å². The van der Waals surface area contributed by atoms with Gasteiger partial charge in [-0.15, -0.1) is 0 Å². The van der Waals surface area contributed by atoms with Crippen molar-refractivity contribution in [3.05, 3.63) is 46.2 Å². The Bertz CT molecular complexity index is 723. The molecule has 7 heteroatoms. The van der Waals surface area contributed by atoms with Gasteiger partial charge in [-0.3, -0.25) is 4.68 Å². The summed E-state index contributed by atoms with van der Waals surface area (Å²) < 4.78 is 27.8. The van der Waals surface area contributed by atoms with Gasteiger partial charge in [-0.2, -0.15) is 5.10 Å². The van der Waals surface area contributed by atoms with Crippen LogP contribution in [0.3, 0.4) is 0 Å². The Labute approximate surface area is 127 Å². The number of aryl methyl sites for hydroxylation is 1. The van der Waals surface area contributed by atoms with Gasteiger partial charge in [-0.05, 0) is 24.1 Å². The molecule has 20 heavy (non-hydrogen) atoms. The molecule has 0 bridgehead atoms. The quantitative estimate of drug-likeness (QED) is 0.843. The fourth-order valence-corrected chi connectivity index (χ4v) is 2.87. The summed E-state index contributed by atoms with van der Waals surface area (Å²) in [6.07, 6.45) is 2.92. The molecule has 0 aliphatic carbocycles. The largest absolute Gasteiger partial charge is 0.267 e. The molecule has 5 nitrogen and oxygen atoms in total. The van der Waals surface area contributed by atoms with Crippen LogP contribution in [0.15, 0.2) is 40.0 Å². The molecule has 0 saturated heterocycles. The highest BCUT2D eigenvalue weighted by Crippen LogP contribution is 2.18. The Hall–Kier alpha value is -1.18. The zero-order valence-corrected chi connectivity index (χ0v) is 13.9. The molecular formula is C13H16BrN3O2S. The fraction of sp³-hybridized carbons (Fsp3) is 0.308. The molecule has 0 fully saturated rings. The lowest BCUT2D eigenvalue weighted by molar-refractivity contribution is 0.520. The second kappa shape index (κ2) is 5.67. The minimum atomic E-state index is -3.42. The van der Waals surface area contributed by atoms with Gasteiger partial charge in [-0.25, -0.2) is 12.7 Å². The normalized spacial score (nSPS) is 12.1. The van der Waals surface area contributed by atoms with Crippen molar-refractivity contribution in [1.29, 1.82) is 0 Å². The summed E-state index contributed by atoms with van der Waals surface area (Å²) >= 11 is 3.45. The Morgan fingerprint density at radius 1 is 1.35 bits per heavy atom. The maximum atomic E-state index is 12.0. The third-order valence-corrected chi connectivity index (χ3v) is 5.61. The third kappa shape index (κ3) is 3.11. The maximum Gasteiger partial charge on any atom is 0.245 e. The molecule has 0 aliphatic rings. The first-order chi connectivity index (χ1) is 9.30. The van der Waals surface area contributed by atoms with Gasteiger partial charge in [0, 0.05) is 24.8 Å². The fourth-order valence-electron chi connectivity index (χ4n) is 1.77. The van der Waals surface area contributed by atoms with Crippen LogP contribution in [0, 0.1) is 6.92 Å². The van der Waals surface area contributed by atoms with E-state index in [-0.39, 0.29) is 4.90 Å². The SMILES string of the molecule is Cc1cc(Cn2cc(S(=O)(=O)N(C)C)cn2)ccc1Br. The summed E-state index contributed by atoms with van der Waals surface area (Å²) in [6, 6.07) is 6.01. The zero-order valence-electron chi connectivity index (χ0n) is 11.5. The van der Waals surface area contributed by atoms with Gasteiger partial charge in [0.25, 0.3) is 0 Å². The molecule has 0 amide bonds. The minimum Gasteiger partial charge on any atom is -0.267 e. The second-order valence-electron chi connectivity index (χ2n) is 4.74. The molecule has 108 valence electrons. The summed E-state index contributed by atoms with van der Waals surface area (Å²) in [7, 11) is -0.411. The highest BCUT2D eigenvalue weighted by Gasteiger charge is 2.19. The number of aromatic nitrogens is 2. The lowest BCUT2D eigenvalue weighted by Gasteiger charge is -2.08. The predicted molar refractivity (Wildman–Crippen MR) is 81.1 cm³/mol. The van der Waals surface area contributed by atoms with Gasteiger partial charge in [0.2, 0.25) is 10.0 Å². The van der Waals surface area contributed by atoms with Crippen molar-refractivity contribution in [2.24, 2.45) is 0 Å².